The van der Waals surface area contributed by atoms with Gasteiger partial charge in [-0.1, -0.05) is 28.1 Å². The van der Waals surface area contributed by atoms with Crippen LogP contribution >= 0.6 is 15.9 Å². The summed E-state index contributed by atoms with van der Waals surface area (Å²) >= 11 is 3.45. The fraction of sp³-hybridized carbons (Fsp3) is 0. The number of nitrogens with two attached hydrogens (primary N) is 1. The van der Waals surface area contributed by atoms with Crippen molar-refractivity contribution in [2.45, 2.75) is 0 Å². The normalized spacial score (nSPS) is 10.9. The highest BCUT2D eigenvalue weighted by molar-refractivity contribution is 9.10. The van der Waals surface area contributed by atoms with Gasteiger partial charge >= 0.3 is 6.03 Å². The molecule has 0 aliphatic carbocycles. The number of nitrogens with one attached hydrogen (secondary N) is 1. The molecule has 0 aliphatic rings. The quantitative estimate of drug-likeness (QED) is 0.656. The van der Waals surface area contributed by atoms with E-state index in [0.717, 1.165) is 20.9 Å². The number of hydrazone groups is 1. The van der Waals surface area contributed by atoms with E-state index in [-0.39, 0.29) is 0 Å². The molecule has 0 atom stereocenters. The summed E-state index contributed by atoms with van der Waals surface area (Å²) in [7, 11) is 0. The number of carbonyl (C=O) groups excluding carboxylic acids is 1. The summed E-state index contributed by atoms with van der Waals surface area (Å²) in [5, 5.41) is 4.70. The lowest BCUT2D eigenvalue weighted by atomic mass is 10.1. The average Bonchev–Trinajstić information content (AvgIpc) is 2.32. The van der Waals surface area contributed by atoms with Crippen LogP contribution in [0.5, 0.6) is 0 Å². The van der Waals surface area contributed by atoms with E-state index in [0.29, 0.717) is 0 Å². The van der Waals surface area contributed by atoms with Crippen LogP contribution < -0.4 is 11.2 Å². The van der Waals surface area contributed by atoms with Gasteiger partial charge in [-0.05, 0) is 12.1 Å². The highest BCUT2D eigenvalue weighted by atomic mass is 79.9. The molecule has 17 heavy (non-hydrogen) atoms. The van der Waals surface area contributed by atoms with Crippen LogP contribution in [0.1, 0.15) is 5.56 Å². The van der Waals surface area contributed by atoms with Gasteiger partial charge in [0, 0.05) is 21.6 Å². The third-order valence-corrected chi connectivity index (χ3v) is 2.82. The molecule has 5 nitrogen and oxygen atoms in total. The molecule has 1 aromatic carbocycles. The van der Waals surface area contributed by atoms with E-state index in [4.69, 9.17) is 5.73 Å². The van der Waals surface area contributed by atoms with Crippen molar-refractivity contribution < 1.29 is 4.79 Å². The van der Waals surface area contributed by atoms with Gasteiger partial charge in [0.2, 0.25) is 0 Å². The van der Waals surface area contributed by atoms with Crippen molar-refractivity contribution in [2.75, 3.05) is 0 Å². The summed E-state index contributed by atoms with van der Waals surface area (Å²) in [6.45, 7) is 0. The lowest BCUT2D eigenvalue weighted by Crippen LogP contribution is -2.24. The maximum absolute atomic E-state index is 10.5. The minimum absolute atomic E-state index is 0.698. The van der Waals surface area contributed by atoms with Crippen molar-refractivity contribution >= 4 is 39.1 Å². The number of halogens is 1. The molecule has 0 aliphatic heterocycles. The summed E-state index contributed by atoms with van der Waals surface area (Å²) < 4.78 is 0.959. The number of hydrogen-bond acceptors (Lipinski definition) is 3. The smallest absolute Gasteiger partial charge is 0.332 e. The summed E-state index contributed by atoms with van der Waals surface area (Å²) in [5.41, 5.74) is 8.65. The minimum Gasteiger partial charge on any atom is -0.350 e. The number of rotatable bonds is 2. The van der Waals surface area contributed by atoms with Gasteiger partial charge in [0.15, 0.2) is 0 Å². The SMILES string of the molecule is NC(=O)N/N=C/c1ccc(Br)c2cccnc12. The Bertz CT molecular complexity index is 597. The molecule has 1 heterocycles. The largest absolute Gasteiger partial charge is 0.350 e. The van der Waals surface area contributed by atoms with Gasteiger partial charge in [0.1, 0.15) is 0 Å². The number of pyridine rings is 1. The number of aromatic nitrogens is 1. The molecular formula is C11H9BrN4O. The van der Waals surface area contributed by atoms with Crippen molar-refractivity contribution in [3.05, 3.63) is 40.5 Å². The summed E-state index contributed by atoms with van der Waals surface area (Å²) in [6, 6.07) is 6.86. The van der Waals surface area contributed by atoms with Crippen molar-refractivity contribution in [1.29, 1.82) is 0 Å². The number of fused-ring (bicyclic) bond motifs is 1. The van der Waals surface area contributed by atoms with E-state index in [9.17, 15) is 4.79 Å². The summed E-state index contributed by atoms with van der Waals surface area (Å²) in [5.74, 6) is 0. The second-order valence-corrected chi connectivity index (χ2v) is 4.12. The Hall–Kier alpha value is -1.95. The molecule has 0 radical (unpaired) electrons. The third-order valence-electron chi connectivity index (χ3n) is 2.13. The fourth-order valence-electron chi connectivity index (χ4n) is 1.43. The molecule has 3 N–H and O–H groups in total. The molecule has 2 rings (SSSR count). The molecule has 86 valence electrons. The van der Waals surface area contributed by atoms with Crippen LogP contribution in [-0.2, 0) is 0 Å². The van der Waals surface area contributed by atoms with Gasteiger partial charge in [-0.25, -0.2) is 10.2 Å². The number of urea groups is 1. The standard InChI is InChI=1S/C11H9BrN4O/c12-9-4-3-7(6-15-16-11(13)17)10-8(9)2-1-5-14-10/h1-6H,(H3,13,16,17)/b15-6+. The first-order valence-corrected chi connectivity index (χ1v) is 5.59. The lowest BCUT2D eigenvalue weighted by Gasteiger charge is -2.02. The number of carbonyl (C=O) groups is 1. The topological polar surface area (TPSA) is 80.4 Å². The van der Waals surface area contributed by atoms with Crippen LogP contribution in [0, 0.1) is 0 Å². The fourth-order valence-corrected chi connectivity index (χ4v) is 1.88. The predicted molar refractivity (Wildman–Crippen MR) is 69.8 cm³/mol. The highest BCUT2D eigenvalue weighted by Crippen LogP contribution is 2.24. The zero-order chi connectivity index (χ0) is 12.3. The lowest BCUT2D eigenvalue weighted by molar-refractivity contribution is 0.249. The monoisotopic (exact) mass is 292 g/mol. The van der Waals surface area contributed by atoms with Crippen molar-refractivity contribution in [1.82, 2.24) is 10.4 Å². The van der Waals surface area contributed by atoms with Gasteiger partial charge in [-0.15, -0.1) is 0 Å². The Balaban J connectivity index is 2.45. The Morgan fingerprint density at radius 1 is 1.47 bits per heavy atom. The first-order chi connectivity index (χ1) is 8.18. The number of benzene rings is 1. The van der Waals surface area contributed by atoms with E-state index >= 15 is 0 Å². The molecule has 0 saturated carbocycles. The van der Waals surface area contributed by atoms with Crippen LogP contribution in [0.15, 0.2) is 40.0 Å². The molecule has 0 unspecified atom stereocenters. The van der Waals surface area contributed by atoms with Gasteiger partial charge in [0.05, 0.1) is 11.7 Å². The molecule has 2 aromatic rings. The number of nitrogens with zero attached hydrogens (tertiary/aromatic N) is 2. The van der Waals surface area contributed by atoms with Crippen molar-refractivity contribution in [2.24, 2.45) is 10.8 Å². The Morgan fingerprint density at radius 2 is 2.29 bits per heavy atom. The molecule has 2 amide bonds. The first kappa shape index (κ1) is 11.5. The molecule has 6 heteroatoms. The second-order valence-electron chi connectivity index (χ2n) is 3.27. The Labute approximate surface area is 106 Å². The van der Waals surface area contributed by atoms with E-state index < -0.39 is 6.03 Å². The first-order valence-electron chi connectivity index (χ1n) is 4.80. The van der Waals surface area contributed by atoms with Gasteiger partial charge in [-0.2, -0.15) is 5.10 Å². The molecular weight excluding hydrogens is 284 g/mol. The number of primary amides is 1. The zero-order valence-electron chi connectivity index (χ0n) is 8.72. The maximum atomic E-state index is 10.5. The van der Waals surface area contributed by atoms with E-state index in [1.165, 1.54) is 6.21 Å². The Morgan fingerprint density at radius 3 is 3.06 bits per heavy atom. The Kier molecular flexibility index (Phi) is 3.34. The van der Waals surface area contributed by atoms with E-state index in [1.807, 2.05) is 24.3 Å². The third kappa shape index (κ3) is 2.59. The van der Waals surface area contributed by atoms with Gasteiger partial charge < -0.3 is 5.73 Å². The molecule has 0 spiro atoms. The molecule has 0 fully saturated rings. The number of amides is 2. The highest BCUT2D eigenvalue weighted by Gasteiger charge is 2.03. The predicted octanol–water partition coefficient (Wildman–Crippen LogP) is 2.00. The van der Waals surface area contributed by atoms with Crippen molar-refractivity contribution in [3.63, 3.8) is 0 Å². The van der Waals surface area contributed by atoms with Crippen LogP contribution in [0.3, 0.4) is 0 Å². The summed E-state index contributed by atoms with van der Waals surface area (Å²) in [6.07, 6.45) is 3.21. The molecule has 0 bridgehead atoms. The van der Waals surface area contributed by atoms with Crippen LogP contribution in [0.25, 0.3) is 10.9 Å². The maximum Gasteiger partial charge on any atom is 0.332 e. The van der Waals surface area contributed by atoms with Gasteiger partial charge in [0.25, 0.3) is 0 Å². The zero-order valence-corrected chi connectivity index (χ0v) is 10.3. The van der Waals surface area contributed by atoms with Crippen LogP contribution in [-0.4, -0.2) is 17.2 Å². The van der Waals surface area contributed by atoms with E-state index in [1.54, 1.807) is 6.20 Å². The molecule has 0 saturated heterocycles. The summed E-state index contributed by atoms with van der Waals surface area (Å²) in [4.78, 5) is 14.8. The van der Waals surface area contributed by atoms with Crippen LogP contribution in [0.4, 0.5) is 4.79 Å². The van der Waals surface area contributed by atoms with Gasteiger partial charge in [-0.3, -0.25) is 4.98 Å². The van der Waals surface area contributed by atoms with E-state index in [2.05, 4.69) is 31.4 Å². The minimum atomic E-state index is -0.698. The van der Waals surface area contributed by atoms with Crippen LogP contribution in [0.2, 0.25) is 0 Å². The average molecular weight is 293 g/mol. The van der Waals surface area contributed by atoms with Crippen molar-refractivity contribution in [3.8, 4) is 0 Å². The number of hydrogen-bond donors (Lipinski definition) is 2. The molecule has 1 aromatic heterocycles. The second kappa shape index (κ2) is 4.92.